The Morgan fingerprint density at radius 1 is 1.53 bits per heavy atom. The van der Waals surface area contributed by atoms with Crippen LogP contribution in [0.5, 0.6) is 0 Å². The van der Waals surface area contributed by atoms with Crippen molar-refractivity contribution in [3.63, 3.8) is 0 Å². The molecule has 0 saturated carbocycles. The number of rotatable bonds is 3. The smallest absolute Gasteiger partial charge is 0.293 e. The number of nitrogens with two attached hydrogens (primary N) is 1. The molecule has 0 spiro atoms. The molecular formula is C9H11N3O2S. The summed E-state index contributed by atoms with van der Waals surface area (Å²) >= 11 is 4.76. The number of hydrogen-bond acceptors (Lipinski definition) is 4. The summed E-state index contributed by atoms with van der Waals surface area (Å²) in [6, 6.07) is 4.69. The highest BCUT2D eigenvalue weighted by molar-refractivity contribution is 7.80. The van der Waals surface area contributed by atoms with E-state index in [0.717, 1.165) is 0 Å². The predicted molar refractivity (Wildman–Crippen MR) is 63.3 cm³/mol. The first-order valence-electron chi connectivity index (χ1n) is 4.19. The summed E-state index contributed by atoms with van der Waals surface area (Å²) in [7, 11) is 3.48. The van der Waals surface area contributed by atoms with Crippen molar-refractivity contribution in [3.05, 3.63) is 33.9 Å². The van der Waals surface area contributed by atoms with Crippen molar-refractivity contribution in [1.29, 1.82) is 0 Å². The molecule has 2 N–H and O–H groups in total. The van der Waals surface area contributed by atoms with Crippen LogP contribution in [0.4, 0.5) is 11.4 Å². The number of nitro benzene ring substituents is 1. The first-order valence-corrected chi connectivity index (χ1v) is 4.60. The molecule has 1 aromatic carbocycles. The zero-order valence-electron chi connectivity index (χ0n) is 8.43. The lowest BCUT2D eigenvalue weighted by Gasteiger charge is -2.13. The normalized spacial score (nSPS) is 9.73. The Morgan fingerprint density at radius 2 is 2.13 bits per heavy atom. The van der Waals surface area contributed by atoms with Gasteiger partial charge in [0.05, 0.1) is 4.92 Å². The van der Waals surface area contributed by atoms with Gasteiger partial charge in [-0.05, 0) is 12.1 Å². The number of hydrogen-bond donors (Lipinski definition) is 1. The Labute approximate surface area is 92.6 Å². The van der Waals surface area contributed by atoms with E-state index in [-0.39, 0.29) is 10.7 Å². The van der Waals surface area contributed by atoms with E-state index in [1.165, 1.54) is 6.07 Å². The molecule has 80 valence electrons. The van der Waals surface area contributed by atoms with E-state index in [0.29, 0.717) is 11.3 Å². The van der Waals surface area contributed by atoms with E-state index in [1.807, 2.05) is 0 Å². The van der Waals surface area contributed by atoms with Gasteiger partial charge < -0.3 is 10.6 Å². The molecule has 0 aromatic heterocycles. The van der Waals surface area contributed by atoms with Crippen LogP contribution in [-0.2, 0) is 0 Å². The van der Waals surface area contributed by atoms with Crippen LogP contribution in [0.25, 0.3) is 0 Å². The fraction of sp³-hybridized carbons (Fsp3) is 0.222. The van der Waals surface area contributed by atoms with Crippen LogP contribution in [-0.4, -0.2) is 24.0 Å². The van der Waals surface area contributed by atoms with Crippen molar-refractivity contribution in [1.82, 2.24) is 0 Å². The molecule has 0 unspecified atom stereocenters. The number of thiocarbonyl (C=S) groups is 1. The van der Waals surface area contributed by atoms with Crippen molar-refractivity contribution in [2.75, 3.05) is 19.0 Å². The van der Waals surface area contributed by atoms with Crippen molar-refractivity contribution >= 4 is 28.6 Å². The lowest BCUT2D eigenvalue weighted by Crippen LogP contribution is -2.14. The van der Waals surface area contributed by atoms with E-state index in [1.54, 1.807) is 31.1 Å². The number of nitro groups is 1. The molecule has 0 aliphatic rings. The minimum atomic E-state index is -0.447. The molecule has 0 aliphatic carbocycles. The fourth-order valence-corrected chi connectivity index (χ4v) is 1.33. The molecule has 0 heterocycles. The molecule has 15 heavy (non-hydrogen) atoms. The highest BCUT2D eigenvalue weighted by atomic mass is 32.1. The summed E-state index contributed by atoms with van der Waals surface area (Å²) in [4.78, 5) is 12.2. The number of benzene rings is 1. The van der Waals surface area contributed by atoms with Crippen LogP contribution in [0.2, 0.25) is 0 Å². The lowest BCUT2D eigenvalue weighted by atomic mass is 10.1. The van der Waals surface area contributed by atoms with Gasteiger partial charge in [-0.25, -0.2) is 0 Å². The number of nitrogens with zero attached hydrogens (tertiary/aromatic N) is 2. The average Bonchev–Trinajstić information content (AvgIpc) is 2.16. The maximum absolute atomic E-state index is 10.8. The highest BCUT2D eigenvalue weighted by Gasteiger charge is 2.16. The molecule has 0 amide bonds. The van der Waals surface area contributed by atoms with Crippen LogP contribution in [0, 0.1) is 10.1 Å². The topological polar surface area (TPSA) is 72.4 Å². The number of anilines is 1. The van der Waals surface area contributed by atoms with Gasteiger partial charge in [0.15, 0.2) is 0 Å². The summed E-state index contributed by atoms with van der Waals surface area (Å²) < 4.78 is 0. The van der Waals surface area contributed by atoms with Crippen LogP contribution in [0.1, 0.15) is 5.56 Å². The molecule has 0 aliphatic heterocycles. The summed E-state index contributed by atoms with van der Waals surface area (Å²) in [6.07, 6.45) is 0. The highest BCUT2D eigenvalue weighted by Crippen LogP contribution is 2.27. The van der Waals surface area contributed by atoms with Crippen LogP contribution in [0.15, 0.2) is 18.2 Å². The molecule has 6 heteroatoms. The molecule has 5 nitrogen and oxygen atoms in total. The third-order valence-corrected chi connectivity index (χ3v) is 2.17. The molecule has 0 radical (unpaired) electrons. The Hall–Kier alpha value is -1.69. The van der Waals surface area contributed by atoms with Crippen molar-refractivity contribution in [2.24, 2.45) is 5.73 Å². The second-order valence-electron chi connectivity index (χ2n) is 3.22. The SMILES string of the molecule is CN(C)c1ccc(C(N)=S)cc1[N+](=O)[O-]. The Bertz CT molecular complexity index is 418. The van der Waals surface area contributed by atoms with Crippen LogP contribution in [0.3, 0.4) is 0 Å². The Balaban J connectivity index is 3.33. The molecule has 0 fully saturated rings. The largest absolute Gasteiger partial charge is 0.389 e. The minimum Gasteiger partial charge on any atom is -0.389 e. The monoisotopic (exact) mass is 225 g/mol. The second kappa shape index (κ2) is 4.22. The van der Waals surface area contributed by atoms with E-state index < -0.39 is 4.92 Å². The van der Waals surface area contributed by atoms with Gasteiger partial charge in [-0.2, -0.15) is 0 Å². The van der Waals surface area contributed by atoms with Crippen LogP contribution < -0.4 is 10.6 Å². The molecular weight excluding hydrogens is 214 g/mol. The van der Waals surface area contributed by atoms with Gasteiger partial charge in [-0.1, -0.05) is 12.2 Å². The van der Waals surface area contributed by atoms with Crippen LogP contribution >= 0.6 is 12.2 Å². The van der Waals surface area contributed by atoms with Crippen molar-refractivity contribution in [3.8, 4) is 0 Å². The summed E-state index contributed by atoms with van der Waals surface area (Å²) in [5, 5.41) is 10.8. The lowest BCUT2D eigenvalue weighted by molar-refractivity contribution is -0.384. The molecule has 1 aromatic rings. The zero-order chi connectivity index (χ0) is 11.6. The van der Waals surface area contributed by atoms with Gasteiger partial charge in [0.25, 0.3) is 5.69 Å². The Kier molecular flexibility index (Phi) is 3.21. The van der Waals surface area contributed by atoms with E-state index >= 15 is 0 Å². The standard InChI is InChI=1S/C9H11N3O2S/c1-11(2)7-4-3-6(9(10)15)5-8(7)12(13)14/h3-5H,1-2H3,(H2,10,15). The summed E-state index contributed by atoms with van der Waals surface area (Å²) in [6.45, 7) is 0. The minimum absolute atomic E-state index is 0.00491. The fourth-order valence-electron chi connectivity index (χ4n) is 1.20. The first kappa shape index (κ1) is 11.4. The zero-order valence-corrected chi connectivity index (χ0v) is 9.25. The second-order valence-corrected chi connectivity index (χ2v) is 3.66. The van der Waals surface area contributed by atoms with E-state index in [9.17, 15) is 10.1 Å². The summed E-state index contributed by atoms with van der Waals surface area (Å²) in [5.74, 6) is 0. The maximum atomic E-state index is 10.8. The van der Waals surface area contributed by atoms with Crippen molar-refractivity contribution < 1.29 is 4.92 Å². The van der Waals surface area contributed by atoms with Crippen molar-refractivity contribution in [2.45, 2.75) is 0 Å². The first-order chi connectivity index (χ1) is 6.93. The third-order valence-electron chi connectivity index (χ3n) is 1.94. The Morgan fingerprint density at radius 3 is 2.53 bits per heavy atom. The van der Waals surface area contributed by atoms with E-state index in [4.69, 9.17) is 18.0 Å². The molecule has 1 rings (SSSR count). The molecule has 0 atom stereocenters. The average molecular weight is 225 g/mol. The maximum Gasteiger partial charge on any atom is 0.293 e. The third kappa shape index (κ3) is 2.41. The van der Waals surface area contributed by atoms with E-state index in [2.05, 4.69) is 0 Å². The van der Waals surface area contributed by atoms with Gasteiger partial charge in [-0.15, -0.1) is 0 Å². The molecule has 0 bridgehead atoms. The quantitative estimate of drug-likeness (QED) is 0.477. The van der Waals surface area contributed by atoms with Gasteiger partial charge in [-0.3, -0.25) is 10.1 Å². The molecule has 0 saturated heterocycles. The van der Waals surface area contributed by atoms with Gasteiger partial charge >= 0.3 is 0 Å². The van der Waals surface area contributed by atoms with Gasteiger partial charge in [0, 0.05) is 25.7 Å². The van der Waals surface area contributed by atoms with Gasteiger partial charge in [0.1, 0.15) is 10.7 Å². The predicted octanol–water partition coefficient (Wildman–Crippen LogP) is 1.29. The summed E-state index contributed by atoms with van der Waals surface area (Å²) in [5.41, 5.74) is 6.44. The van der Waals surface area contributed by atoms with Gasteiger partial charge in [0.2, 0.25) is 0 Å².